The Morgan fingerprint density at radius 3 is 2.60 bits per heavy atom. The third-order valence-corrected chi connectivity index (χ3v) is 8.21. The number of nitrogens with zero attached hydrogens (tertiary/aromatic N) is 3. The lowest BCUT2D eigenvalue weighted by Gasteiger charge is -2.35. The van der Waals surface area contributed by atoms with Gasteiger partial charge in [-0.05, 0) is 55.0 Å². The number of sulfonamides is 1. The monoisotopic (exact) mass is 593 g/mol. The first-order chi connectivity index (χ1) is 18.9. The first-order valence-corrected chi connectivity index (χ1v) is 13.6. The van der Waals surface area contributed by atoms with E-state index in [4.69, 9.17) is 26.0 Å². The van der Waals surface area contributed by atoms with Crippen LogP contribution in [0.3, 0.4) is 0 Å². The lowest BCUT2D eigenvalue weighted by molar-refractivity contribution is -0.138. The number of fused-ring (bicyclic) bond motifs is 1. The molecule has 0 radical (unpaired) electrons. The van der Waals surface area contributed by atoms with Crippen LogP contribution in [0.1, 0.15) is 18.4 Å². The molecule has 1 aliphatic rings. The van der Waals surface area contributed by atoms with E-state index >= 15 is 0 Å². The second kappa shape index (κ2) is 10.5. The highest BCUT2D eigenvalue weighted by molar-refractivity contribution is 7.92. The number of carboxylic acids is 1. The maximum atomic E-state index is 13.7. The summed E-state index contributed by atoms with van der Waals surface area (Å²) in [6, 6.07) is 14.6. The summed E-state index contributed by atoms with van der Waals surface area (Å²) >= 11 is 6.21. The predicted molar refractivity (Wildman–Crippen MR) is 137 cm³/mol. The number of halogens is 4. The minimum absolute atomic E-state index is 0.0191. The van der Waals surface area contributed by atoms with Crippen LogP contribution in [-0.4, -0.2) is 42.3 Å². The maximum absolute atomic E-state index is 13.7. The van der Waals surface area contributed by atoms with Gasteiger partial charge in [0.05, 0.1) is 33.3 Å². The summed E-state index contributed by atoms with van der Waals surface area (Å²) in [5.74, 6) is -0.793. The molecule has 1 atom stereocenters. The largest absolute Gasteiger partial charge is 0.486 e. The van der Waals surface area contributed by atoms with Crippen molar-refractivity contribution in [2.24, 2.45) is 0 Å². The summed E-state index contributed by atoms with van der Waals surface area (Å²) in [7, 11) is -4.55. The molecule has 0 aliphatic carbocycles. The number of carbonyl (C=O) groups is 1. The molecule has 0 fully saturated rings. The fraction of sp³-hybridized carbons (Fsp3) is 0.192. The van der Waals surface area contributed by atoms with Gasteiger partial charge in [-0.25, -0.2) is 8.42 Å². The number of hydrogen-bond donors (Lipinski definition) is 1. The number of hydrogen-bond acceptors (Lipinski definition) is 7. The molecule has 0 unspecified atom stereocenters. The summed E-state index contributed by atoms with van der Waals surface area (Å²) in [6.07, 6.45) is -5.96. The Balaban J connectivity index is 1.57. The Hall–Kier alpha value is -4.10. The summed E-state index contributed by atoms with van der Waals surface area (Å²) in [4.78, 5) is 14.9. The number of benzene rings is 3. The van der Waals surface area contributed by atoms with Gasteiger partial charge in [-0.15, -0.1) is 0 Å². The van der Waals surface area contributed by atoms with E-state index in [1.54, 1.807) is 30.3 Å². The third kappa shape index (κ3) is 5.47. The van der Waals surface area contributed by atoms with Gasteiger partial charge in [0.25, 0.3) is 15.9 Å². The molecule has 0 amide bonds. The van der Waals surface area contributed by atoms with Crippen molar-refractivity contribution in [1.29, 1.82) is 0 Å². The average molecular weight is 594 g/mol. The predicted octanol–water partition coefficient (Wildman–Crippen LogP) is 5.90. The van der Waals surface area contributed by atoms with Crippen LogP contribution in [0.15, 0.2) is 76.1 Å². The highest BCUT2D eigenvalue weighted by Crippen LogP contribution is 2.41. The molecule has 2 heterocycles. The van der Waals surface area contributed by atoms with Gasteiger partial charge < -0.3 is 14.4 Å². The normalized spacial score (nSPS) is 15.4. The van der Waals surface area contributed by atoms with Crippen molar-refractivity contribution in [2.75, 3.05) is 10.8 Å². The zero-order valence-electron chi connectivity index (χ0n) is 20.3. The van der Waals surface area contributed by atoms with Crippen LogP contribution >= 0.6 is 11.6 Å². The van der Waals surface area contributed by atoms with Crippen molar-refractivity contribution in [3.63, 3.8) is 0 Å². The van der Waals surface area contributed by atoms with Crippen molar-refractivity contribution < 1.29 is 40.8 Å². The van der Waals surface area contributed by atoms with E-state index in [1.165, 1.54) is 12.1 Å². The Bertz CT molecular complexity index is 1690. The van der Waals surface area contributed by atoms with E-state index in [1.807, 2.05) is 0 Å². The number of aromatic nitrogens is 2. The van der Waals surface area contributed by atoms with Gasteiger partial charge >= 0.3 is 12.1 Å². The van der Waals surface area contributed by atoms with E-state index in [0.29, 0.717) is 22.2 Å². The number of rotatable bonds is 7. The topological polar surface area (TPSA) is 123 Å². The minimum atomic E-state index is -4.76. The molecule has 5 rings (SSSR count). The van der Waals surface area contributed by atoms with Gasteiger partial charge in [-0.3, -0.25) is 9.10 Å². The maximum Gasteiger partial charge on any atom is 0.416 e. The standard InChI is InChI=1S/C26H19ClF3N3O6S/c27-20-7-2-1-6-19(20)25-31-24(32-39-25)15-8-10-22-21(12-15)33(14-17(38-22)9-11-23(34)35)40(36,37)18-5-3-4-16(13-18)26(28,29)30/h1-8,10,12-13,17H,9,11,14H2,(H,34,35)/t17-/m0/s1. The molecule has 0 spiro atoms. The zero-order chi connectivity index (χ0) is 28.7. The average Bonchev–Trinajstić information content (AvgIpc) is 3.41. The van der Waals surface area contributed by atoms with Crippen LogP contribution in [0.4, 0.5) is 18.9 Å². The second-order valence-electron chi connectivity index (χ2n) is 8.82. The highest BCUT2D eigenvalue weighted by atomic mass is 35.5. The minimum Gasteiger partial charge on any atom is -0.486 e. The van der Waals surface area contributed by atoms with Crippen molar-refractivity contribution in [3.05, 3.63) is 77.3 Å². The van der Waals surface area contributed by atoms with E-state index < -0.39 is 38.7 Å². The lowest BCUT2D eigenvalue weighted by atomic mass is 10.1. The van der Waals surface area contributed by atoms with E-state index in [2.05, 4.69) is 10.1 Å². The quantitative estimate of drug-likeness (QED) is 0.281. The second-order valence-corrected chi connectivity index (χ2v) is 11.1. The molecule has 9 nitrogen and oxygen atoms in total. The molecule has 4 aromatic rings. The summed E-state index contributed by atoms with van der Waals surface area (Å²) in [6.45, 7) is -0.334. The molecule has 1 aromatic heterocycles. The van der Waals surface area contributed by atoms with Gasteiger partial charge in [0.2, 0.25) is 5.82 Å². The molecule has 0 bridgehead atoms. The first kappa shape index (κ1) is 27.5. The number of aliphatic carboxylic acids is 1. The van der Waals surface area contributed by atoms with Crippen molar-refractivity contribution in [2.45, 2.75) is 30.0 Å². The van der Waals surface area contributed by atoms with Crippen LogP contribution < -0.4 is 9.04 Å². The zero-order valence-corrected chi connectivity index (χ0v) is 21.9. The molecule has 14 heteroatoms. The van der Waals surface area contributed by atoms with Crippen molar-refractivity contribution >= 4 is 33.3 Å². The molecule has 1 N–H and O–H groups in total. The van der Waals surface area contributed by atoms with Crippen molar-refractivity contribution in [1.82, 2.24) is 10.1 Å². The van der Waals surface area contributed by atoms with Crippen LogP contribution in [0.5, 0.6) is 5.75 Å². The molecule has 0 saturated heterocycles. The Kier molecular flexibility index (Phi) is 7.19. The van der Waals surface area contributed by atoms with E-state index in [9.17, 15) is 26.4 Å². The fourth-order valence-electron chi connectivity index (χ4n) is 4.16. The van der Waals surface area contributed by atoms with E-state index in [0.717, 1.165) is 22.5 Å². The lowest BCUT2D eigenvalue weighted by Crippen LogP contribution is -2.43. The number of ether oxygens (including phenoxy) is 1. The van der Waals surface area contributed by atoms with Gasteiger partial charge in [0, 0.05) is 12.0 Å². The fourth-order valence-corrected chi connectivity index (χ4v) is 5.92. The Morgan fingerprint density at radius 1 is 1.10 bits per heavy atom. The molecular weight excluding hydrogens is 575 g/mol. The van der Waals surface area contributed by atoms with Crippen LogP contribution in [0.2, 0.25) is 5.02 Å². The van der Waals surface area contributed by atoms with Crippen LogP contribution in [0.25, 0.3) is 22.8 Å². The molecule has 0 saturated carbocycles. The summed E-state index contributed by atoms with van der Waals surface area (Å²) in [5, 5.41) is 13.4. The van der Waals surface area contributed by atoms with Gasteiger partial charge in [-0.1, -0.05) is 35.0 Å². The molecule has 40 heavy (non-hydrogen) atoms. The molecular formula is C26H19ClF3N3O6S. The molecule has 3 aromatic carbocycles. The van der Waals surface area contributed by atoms with Gasteiger partial charge in [0.1, 0.15) is 11.9 Å². The first-order valence-electron chi connectivity index (χ1n) is 11.7. The smallest absolute Gasteiger partial charge is 0.416 e. The summed E-state index contributed by atoms with van der Waals surface area (Å²) < 4.78 is 79.6. The highest BCUT2D eigenvalue weighted by Gasteiger charge is 2.37. The molecule has 1 aliphatic heterocycles. The van der Waals surface area contributed by atoms with Crippen LogP contribution in [-0.2, 0) is 21.0 Å². The van der Waals surface area contributed by atoms with Gasteiger partial charge in [0.15, 0.2) is 0 Å². The Morgan fingerprint density at radius 2 is 1.88 bits per heavy atom. The van der Waals surface area contributed by atoms with E-state index in [-0.39, 0.29) is 42.5 Å². The summed E-state index contributed by atoms with van der Waals surface area (Å²) in [5.41, 5.74) is -0.292. The third-order valence-electron chi connectivity index (χ3n) is 6.11. The number of carboxylic acid groups (broad SMARTS) is 1. The van der Waals surface area contributed by atoms with Crippen molar-refractivity contribution in [3.8, 4) is 28.6 Å². The Labute approximate surface area is 230 Å². The van der Waals surface area contributed by atoms with Gasteiger partial charge in [-0.2, -0.15) is 18.2 Å². The number of anilines is 1. The van der Waals surface area contributed by atoms with Crippen LogP contribution in [0, 0.1) is 0 Å². The number of alkyl halides is 3. The SMILES string of the molecule is O=C(O)CC[C@H]1CN(S(=O)(=O)c2cccc(C(F)(F)F)c2)c2cc(-c3noc(-c4ccccc4Cl)n3)ccc2O1. The molecule has 208 valence electrons.